The van der Waals surface area contributed by atoms with Crippen molar-refractivity contribution in [1.29, 1.82) is 0 Å². The van der Waals surface area contributed by atoms with E-state index >= 15 is 0 Å². The molecule has 1 aliphatic heterocycles. The summed E-state index contributed by atoms with van der Waals surface area (Å²) in [7, 11) is 0. The van der Waals surface area contributed by atoms with Gasteiger partial charge in [-0.25, -0.2) is 0 Å². The molecule has 1 fully saturated rings. The Morgan fingerprint density at radius 3 is 2.67 bits per heavy atom. The van der Waals surface area contributed by atoms with E-state index in [-0.39, 0.29) is 16.8 Å². The minimum absolute atomic E-state index is 0.256. The molecule has 1 saturated heterocycles. The Labute approximate surface area is 58.0 Å². The van der Waals surface area contributed by atoms with Crippen molar-refractivity contribution in [2.24, 2.45) is 0 Å². The van der Waals surface area contributed by atoms with E-state index in [0.717, 1.165) is 5.75 Å². The number of carbonyl (C=O) groups excluding carboxylic acids is 2. The average Bonchev–Trinajstić information content (AvgIpc) is 1.83. The molecular weight excluding hydrogens is 136 g/mol. The molecule has 1 unspecified atom stereocenters. The van der Waals surface area contributed by atoms with Gasteiger partial charge in [0.2, 0.25) is 5.78 Å². The molecule has 0 bridgehead atoms. The van der Waals surface area contributed by atoms with E-state index in [1.807, 2.05) is 0 Å². The molecule has 0 aromatic heterocycles. The molecule has 0 spiro atoms. The van der Waals surface area contributed by atoms with Crippen LogP contribution < -0.4 is 0 Å². The topological polar surface area (TPSA) is 34.1 Å². The molecule has 9 heavy (non-hydrogen) atoms. The molecule has 1 radical (unpaired) electrons. The second kappa shape index (κ2) is 2.52. The first kappa shape index (κ1) is 6.81. The van der Waals surface area contributed by atoms with Crippen LogP contribution >= 0.6 is 11.8 Å². The fourth-order valence-corrected chi connectivity index (χ4v) is 1.54. The normalized spacial score (nSPS) is 28.8. The van der Waals surface area contributed by atoms with Gasteiger partial charge >= 0.3 is 0 Å². The van der Waals surface area contributed by atoms with Gasteiger partial charge in [-0.2, -0.15) is 0 Å². The zero-order valence-electron chi connectivity index (χ0n) is 4.92. The Kier molecular flexibility index (Phi) is 1.90. The molecule has 0 amide bonds. The van der Waals surface area contributed by atoms with Crippen molar-refractivity contribution in [3.63, 3.8) is 0 Å². The van der Waals surface area contributed by atoms with E-state index in [0.29, 0.717) is 6.42 Å². The van der Waals surface area contributed by atoms with Gasteiger partial charge in [-0.1, -0.05) is 0 Å². The van der Waals surface area contributed by atoms with Gasteiger partial charge in [0.25, 0.3) is 0 Å². The summed E-state index contributed by atoms with van der Waals surface area (Å²) in [6.07, 6.45) is 0.398. The van der Waals surface area contributed by atoms with E-state index in [4.69, 9.17) is 0 Å². The van der Waals surface area contributed by atoms with E-state index in [2.05, 4.69) is 6.92 Å². The predicted molar refractivity (Wildman–Crippen MR) is 36.2 cm³/mol. The lowest BCUT2D eigenvalue weighted by Gasteiger charge is -2.13. The molecule has 0 aromatic rings. The van der Waals surface area contributed by atoms with E-state index in [9.17, 15) is 9.59 Å². The van der Waals surface area contributed by atoms with Crippen LogP contribution in [0.15, 0.2) is 0 Å². The molecule has 49 valence electrons. The quantitative estimate of drug-likeness (QED) is 0.462. The Morgan fingerprint density at radius 2 is 2.22 bits per heavy atom. The number of thioether (sulfide) groups is 1. The largest absolute Gasteiger partial charge is 0.291 e. The molecular formula is C6H7O2S. The van der Waals surface area contributed by atoms with Gasteiger partial charge in [0.05, 0.1) is 5.25 Å². The van der Waals surface area contributed by atoms with Gasteiger partial charge in [-0.05, 0) is 6.92 Å². The standard InChI is InChI=1S/C6H7O2S/c1-4-6(8)5(7)2-3-9-4/h4H,1-3H2. The maximum Gasteiger partial charge on any atom is 0.211 e. The van der Waals surface area contributed by atoms with Gasteiger partial charge in [-0.15, -0.1) is 11.8 Å². The summed E-state index contributed by atoms with van der Waals surface area (Å²) >= 11 is 1.45. The third kappa shape index (κ3) is 1.33. The number of carbonyl (C=O) groups is 2. The molecule has 1 rings (SSSR count). The molecule has 0 aromatic carbocycles. The molecule has 1 atom stereocenters. The lowest BCUT2D eigenvalue weighted by Crippen LogP contribution is -2.29. The maximum absolute atomic E-state index is 10.7. The van der Waals surface area contributed by atoms with Crippen LogP contribution in [0.3, 0.4) is 0 Å². The summed E-state index contributed by atoms with van der Waals surface area (Å²) in [5, 5.41) is -0.341. The maximum atomic E-state index is 10.7. The summed E-state index contributed by atoms with van der Waals surface area (Å²) in [4.78, 5) is 21.3. The predicted octanol–water partition coefficient (Wildman–Crippen LogP) is 0.464. The number of ketones is 2. The van der Waals surface area contributed by atoms with Crippen molar-refractivity contribution in [2.45, 2.75) is 11.7 Å². The first-order chi connectivity index (χ1) is 4.22. The number of hydrogen-bond donors (Lipinski definition) is 0. The van der Waals surface area contributed by atoms with E-state index in [1.165, 1.54) is 11.8 Å². The van der Waals surface area contributed by atoms with Crippen LogP contribution in [0.4, 0.5) is 0 Å². The van der Waals surface area contributed by atoms with Crippen LogP contribution in [0.1, 0.15) is 6.42 Å². The molecule has 0 aliphatic carbocycles. The van der Waals surface area contributed by atoms with Gasteiger partial charge in [0.15, 0.2) is 5.78 Å². The van der Waals surface area contributed by atoms with Crippen molar-refractivity contribution < 1.29 is 9.59 Å². The molecule has 2 nitrogen and oxygen atoms in total. The first-order valence-corrected chi connectivity index (χ1v) is 3.78. The van der Waals surface area contributed by atoms with Crippen LogP contribution in [0, 0.1) is 6.92 Å². The molecule has 0 saturated carbocycles. The Balaban J connectivity index is 2.62. The third-order valence-electron chi connectivity index (χ3n) is 1.22. The summed E-state index contributed by atoms with van der Waals surface area (Å²) in [5.74, 6) is 0.179. The van der Waals surface area contributed by atoms with Gasteiger partial charge in [0.1, 0.15) is 0 Å². The first-order valence-electron chi connectivity index (χ1n) is 2.73. The van der Waals surface area contributed by atoms with Gasteiger partial charge in [0, 0.05) is 12.2 Å². The smallest absolute Gasteiger partial charge is 0.211 e. The lowest BCUT2D eigenvalue weighted by atomic mass is 10.1. The highest BCUT2D eigenvalue weighted by Gasteiger charge is 2.25. The SMILES string of the molecule is [CH2]C1SCCC(=O)C1=O. The summed E-state index contributed by atoms with van der Waals surface area (Å²) in [5.41, 5.74) is 0. The highest BCUT2D eigenvalue weighted by atomic mass is 32.2. The summed E-state index contributed by atoms with van der Waals surface area (Å²) in [6.45, 7) is 3.52. The van der Waals surface area contributed by atoms with Crippen LogP contribution in [0.25, 0.3) is 0 Å². The second-order valence-corrected chi connectivity index (χ2v) is 3.21. The zero-order valence-corrected chi connectivity index (χ0v) is 5.74. The minimum atomic E-state index is -0.341. The summed E-state index contributed by atoms with van der Waals surface area (Å²) < 4.78 is 0. The molecule has 0 N–H and O–H groups in total. The van der Waals surface area contributed by atoms with E-state index in [1.54, 1.807) is 0 Å². The van der Waals surface area contributed by atoms with Crippen molar-refractivity contribution >= 4 is 23.3 Å². The number of rotatable bonds is 0. The fourth-order valence-electron chi connectivity index (χ4n) is 0.672. The van der Waals surface area contributed by atoms with Gasteiger partial charge < -0.3 is 0 Å². The monoisotopic (exact) mass is 143 g/mol. The van der Waals surface area contributed by atoms with Crippen molar-refractivity contribution in [2.75, 3.05) is 5.75 Å². The number of hydrogen-bond acceptors (Lipinski definition) is 3. The van der Waals surface area contributed by atoms with Crippen LogP contribution in [-0.4, -0.2) is 22.6 Å². The molecule has 1 heterocycles. The average molecular weight is 143 g/mol. The fraction of sp³-hybridized carbons (Fsp3) is 0.500. The summed E-state index contributed by atoms with van der Waals surface area (Å²) in [6, 6.07) is 0. The van der Waals surface area contributed by atoms with Crippen LogP contribution in [0.5, 0.6) is 0 Å². The Bertz CT molecular complexity index is 153. The highest BCUT2D eigenvalue weighted by Crippen LogP contribution is 2.18. The highest BCUT2D eigenvalue weighted by molar-refractivity contribution is 8.01. The van der Waals surface area contributed by atoms with Crippen molar-refractivity contribution in [1.82, 2.24) is 0 Å². The second-order valence-electron chi connectivity index (χ2n) is 1.90. The van der Waals surface area contributed by atoms with Crippen LogP contribution in [-0.2, 0) is 9.59 Å². The minimum Gasteiger partial charge on any atom is -0.291 e. The van der Waals surface area contributed by atoms with Crippen molar-refractivity contribution in [3.05, 3.63) is 6.92 Å². The van der Waals surface area contributed by atoms with Gasteiger partial charge in [-0.3, -0.25) is 9.59 Å². The zero-order chi connectivity index (χ0) is 6.85. The van der Waals surface area contributed by atoms with E-state index < -0.39 is 0 Å². The Hall–Kier alpha value is -0.310. The molecule has 3 heteroatoms. The van der Waals surface area contributed by atoms with Crippen LogP contribution in [0.2, 0.25) is 0 Å². The lowest BCUT2D eigenvalue weighted by molar-refractivity contribution is -0.135. The third-order valence-corrected chi connectivity index (χ3v) is 2.27. The Morgan fingerprint density at radius 1 is 1.56 bits per heavy atom. The number of Topliss-reactive ketones (excluding diaryl/α,β-unsaturated/α-hetero) is 2. The van der Waals surface area contributed by atoms with Crippen molar-refractivity contribution in [3.8, 4) is 0 Å². The molecule has 1 aliphatic rings.